The molecule has 5 rings (SSSR count). The quantitative estimate of drug-likeness (QED) is 0.719. The van der Waals surface area contributed by atoms with Crippen LogP contribution in [0.4, 0.5) is 0 Å². The molecule has 2 aliphatic heterocycles. The van der Waals surface area contributed by atoms with Gasteiger partial charge in [0.1, 0.15) is 5.52 Å². The van der Waals surface area contributed by atoms with Crippen molar-refractivity contribution in [2.24, 2.45) is 11.1 Å². The number of rotatable bonds is 4. The molecule has 2 fully saturated rings. The Bertz CT molecular complexity index is 1030. The van der Waals surface area contributed by atoms with Gasteiger partial charge in [-0.1, -0.05) is 24.3 Å². The number of nitrogens with zero attached hydrogens (tertiary/aromatic N) is 3. The maximum atomic E-state index is 11.6. The SMILES string of the molecule is NC(=O)c1cccc2cn(-c3ccc(CN4CCC5(CCCNC5)C4)cc3)nc12. The Hall–Kier alpha value is -2.70. The molecule has 3 N–H and O–H groups in total. The molecular formula is C23H27N5O. The maximum absolute atomic E-state index is 11.6. The van der Waals surface area contributed by atoms with Crippen molar-refractivity contribution in [1.82, 2.24) is 20.0 Å². The number of hydrogen-bond donors (Lipinski definition) is 2. The zero-order chi connectivity index (χ0) is 19.8. The maximum Gasteiger partial charge on any atom is 0.250 e. The van der Waals surface area contributed by atoms with Crippen LogP contribution in [0.5, 0.6) is 0 Å². The Kier molecular flexibility index (Phi) is 4.60. The van der Waals surface area contributed by atoms with Crippen LogP contribution >= 0.6 is 0 Å². The number of nitrogens with two attached hydrogens (primary N) is 1. The van der Waals surface area contributed by atoms with Gasteiger partial charge in [-0.3, -0.25) is 9.69 Å². The highest BCUT2D eigenvalue weighted by Crippen LogP contribution is 2.36. The van der Waals surface area contributed by atoms with Gasteiger partial charge in [-0.05, 0) is 61.5 Å². The first-order valence-corrected chi connectivity index (χ1v) is 10.4. The van der Waals surface area contributed by atoms with Gasteiger partial charge in [0, 0.05) is 31.2 Å². The number of piperidine rings is 1. The molecule has 2 aromatic carbocycles. The van der Waals surface area contributed by atoms with Crippen LogP contribution in [0, 0.1) is 5.41 Å². The van der Waals surface area contributed by atoms with Crippen LogP contribution in [0.15, 0.2) is 48.7 Å². The summed E-state index contributed by atoms with van der Waals surface area (Å²) < 4.78 is 1.82. The first-order chi connectivity index (χ1) is 14.1. The number of carbonyl (C=O) groups excluding carboxylic acids is 1. The number of amides is 1. The zero-order valence-electron chi connectivity index (χ0n) is 16.6. The van der Waals surface area contributed by atoms with E-state index in [0.717, 1.165) is 17.6 Å². The van der Waals surface area contributed by atoms with E-state index < -0.39 is 5.91 Å². The van der Waals surface area contributed by atoms with Gasteiger partial charge >= 0.3 is 0 Å². The smallest absolute Gasteiger partial charge is 0.250 e. The monoisotopic (exact) mass is 389 g/mol. The summed E-state index contributed by atoms with van der Waals surface area (Å²) in [6.45, 7) is 5.72. The van der Waals surface area contributed by atoms with E-state index in [2.05, 4.69) is 39.6 Å². The van der Waals surface area contributed by atoms with Gasteiger partial charge in [0.2, 0.25) is 0 Å². The van der Waals surface area contributed by atoms with Crippen LogP contribution in [-0.4, -0.2) is 46.8 Å². The lowest BCUT2D eigenvalue weighted by atomic mass is 9.80. The van der Waals surface area contributed by atoms with Gasteiger partial charge in [-0.25, -0.2) is 4.68 Å². The molecule has 0 aliphatic carbocycles. The fourth-order valence-corrected chi connectivity index (χ4v) is 4.93. The van der Waals surface area contributed by atoms with Crippen molar-refractivity contribution in [1.29, 1.82) is 0 Å². The van der Waals surface area contributed by atoms with E-state index in [9.17, 15) is 4.79 Å². The molecule has 6 nitrogen and oxygen atoms in total. The number of aromatic nitrogens is 2. The van der Waals surface area contributed by atoms with Crippen LogP contribution in [0.1, 0.15) is 35.2 Å². The molecule has 0 bridgehead atoms. The Labute approximate surface area is 170 Å². The van der Waals surface area contributed by atoms with Crippen molar-refractivity contribution in [3.8, 4) is 5.69 Å². The highest BCUT2D eigenvalue weighted by atomic mass is 16.1. The third-order valence-corrected chi connectivity index (χ3v) is 6.49. The van der Waals surface area contributed by atoms with E-state index in [1.165, 1.54) is 51.0 Å². The van der Waals surface area contributed by atoms with E-state index in [-0.39, 0.29) is 0 Å². The predicted molar refractivity (Wildman–Crippen MR) is 114 cm³/mol. The Morgan fingerprint density at radius 3 is 2.79 bits per heavy atom. The Morgan fingerprint density at radius 2 is 2.03 bits per heavy atom. The van der Waals surface area contributed by atoms with Crippen molar-refractivity contribution in [3.05, 3.63) is 59.8 Å². The van der Waals surface area contributed by atoms with Gasteiger partial charge in [-0.2, -0.15) is 5.10 Å². The van der Waals surface area contributed by atoms with Crippen LogP contribution in [0.3, 0.4) is 0 Å². The van der Waals surface area contributed by atoms with Crippen molar-refractivity contribution in [2.75, 3.05) is 26.2 Å². The van der Waals surface area contributed by atoms with E-state index >= 15 is 0 Å². The summed E-state index contributed by atoms with van der Waals surface area (Å²) in [7, 11) is 0. The number of likely N-dealkylation sites (tertiary alicyclic amines) is 1. The minimum Gasteiger partial charge on any atom is -0.366 e. The zero-order valence-corrected chi connectivity index (χ0v) is 16.6. The summed E-state index contributed by atoms with van der Waals surface area (Å²) in [5.41, 5.74) is 9.38. The van der Waals surface area contributed by atoms with Crippen molar-refractivity contribution in [3.63, 3.8) is 0 Å². The average Bonchev–Trinajstić information content (AvgIpc) is 3.33. The minimum absolute atomic E-state index is 0.451. The fraction of sp³-hybridized carbons (Fsp3) is 0.391. The molecular weight excluding hydrogens is 362 g/mol. The molecule has 2 saturated heterocycles. The first kappa shape index (κ1) is 18.3. The molecule has 1 amide bonds. The van der Waals surface area contributed by atoms with E-state index in [0.29, 0.717) is 16.5 Å². The van der Waals surface area contributed by atoms with Crippen molar-refractivity contribution < 1.29 is 4.79 Å². The number of hydrogen-bond acceptors (Lipinski definition) is 4. The molecule has 150 valence electrons. The van der Waals surface area contributed by atoms with Crippen LogP contribution in [0.2, 0.25) is 0 Å². The topological polar surface area (TPSA) is 76.2 Å². The molecule has 1 atom stereocenters. The molecule has 1 aromatic heterocycles. The molecule has 3 heterocycles. The largest absolute Gasteiger partial charge is 0.366 e. The van der Waals surface area contributed by atoms with E-state index in [4.69, 9.17) is 5.73 Å². The van der Waals surface area contributed by atoms with Crippen LogP contribution in [-0.2, 0) is 6.54 Å². The second kappa shape index (κ2) is 7.28. The number of benzene rings is 2. The first-order valence-electron chi connectivity index (χ1n) is 10.4. The number of primary amides is 1. The number of fused-ring (bicyclic) bond motifs is 1. The second-order valence-corrected chi connectivity index (χ2v) is 8.59. The third kappa shape index (κ3) is 3.54. The molecule has 0 saturated carbocycles. The van der Waals surface area contributed by atoms with Gasteiger partial charge in [0.05, 0.1) is 11.3 Å². The summed E-state index contributed by atoms with van der Waals surface area (Å²) in [6, 6.07) is 14.1. The van der Waals surface area contributed by atoms with Crippen molar-refractivity contribution >= 4 is 16.8 Å². The predicted octanol–water partition coefficient (Wildman–Crippen LogP) is 2.70. The van der Waals surface area contributed by atoms with Crippen LogP contribution in [0.25, 0.3) is 16.6 Å². The van der Waals surface area contributed by atoms with E-state index in [1.54, 1.807) is 6.07 Å². The molecule has 1 spiro atoms. The summed E-state index contributed by atoms with van der Waals surface area (Å²) >= 11 is 0. The molecule has 0 radical (unpaired) electrons. The average molecular weight is 390 g/mol. The highest BCUT2D eigenvalue weighted by molar-refractivity contribution is 6.04. The summed E-state index contributed by atoms with van der Waals surface area (Å²) in [5.74, 6) is -0.451. The minimum atomic E-state index is -0.451. The normalized spacial score (nSPS) is 22.5. The third-order valence-electron chi connectivity index (χ3n) is 6.49. The standard InChI is InChI=1S/C23H27N5O/c24-22(29)20-4-1-3-18-14-28(26-21(18)20)19-7-5-17(6-8-19)13-27-12-10-23(16-27)9-2-11-25-15-23/h1,3-8,14,25H,2,9-13,15-16H2,(H2,24,29). The lowest BCUT2D eigenvalue weighted by Gasteiger charge is -2.34. The van der Waals surface area contributed by atoms with Gasteiger partial charge in [-0.15, -0.1) is 0 Å². The van der Waals surface area contributed by atoms with Gasteiger partial charge < -0.3 is 11.1 Å². The molecule has 3 aromatic rings. The van der Waals surface area contributed by atoms with Gasteiger partial charge in [0.25, 0.3) is 5.91 Å². The molecule has 6 heteroatoms. The highest BCUT2D eigenvalue weighted by Gasteiger charge is 2.38. The lowest BCUT2D eigenvalue weighted by Crippen LogP contribution is -2.41. The number of nitrogens with one attached hydrogen (secondary N) is 1. The lowest BCUT2D eigenvalue weighted by molar-refractivity contribution is 0.100. The Balaban J connectivity index is 1.31. The van der Waals surface area contributed by atoms with E-state index in [1.807, 2.05) is 23.0 Å². The number of carbonyl (C=O) groups is 1. The molecule has 2 aliphatic rings. The summed E-state index contributed by atoms with van der Waals surface area (Å²) in [6.07, 6.45) is 5.91. The Morgan fingerprint density at radius 1 is 1.17 bits per heavy atom. The summed E-state index contributed by atoms with van der Waals surface area (Å²) in [4.78, 5) is 14.2. The second-order valence-electron chi connectivity index (χ2n) is 8.59. The molecule has 1 unspecified atom stereocenters. The van der Waals surface area contributed by atoms with Crippen LogP contribution < -0.4 is 11.1 Å². The van der Waals surface area contributed by atoms with Gasteiger partial charge in [0.15, 0.2) is 0 Å². The fourth-order valence-electron chi connectivity index (χ4n) is 4.93. The molecule has 29 heavy (non-hydrogen) atoms. The van der Waals surface area contributed by atoms with Crippen molar-refractivity contribution in [2.45, 2.75) is 25.8 Å². The summed E-state index contributed by atoms with van der Waals surface area (Å²) in [5, 5.41) is 9.09.